The fraction of sp³-hybridized carbons (Fsp3) is 0.500. The van der Waals surface area contributed by atoms with Crippen molar-refractivity contribution >= 4 is 5.91 Å². The molecule has 1 atom stereocenters. The molecule has 1 unspecified atom stereocenters. The van der Waals surface area contributed by atoms with Crippen molar-refractivity contribution in [3.63, 3.8) is 0 Å². The maximum atomic E-state index is 12.1. The lowest BCUT2D eigenvalue weighted by atomic mass is 10.1. The van der Waals surface area contributed by atoms with Crippen LogP contribution in [0.25, 0.3) is 0 Å². The van der Waals surface area contributed by atoms with Crippen LogP contribution in [0.3, 0.4) is 0 Å². The lowest BCUT2D eigenvalue weighted by molar-refractivity contribution is -0.133. The highest BCUT2D eigenvalue weighted by Crippen LogP contribution is 2.15. The zero-order chi connectivity index (χ0) is 11.4. The molecule has 1 aromatic heterocycles. The summed E-state index contributed by atoms with van der Waals surface area (Å²) in [5.41, 5.74) is 6.57. The van der Waals surface area contributed by atoms with Gasteiger partial charge in [-0.1, -0.05) is 6.07 Å². The van der Waals surface area contributed by atoms with E-state index in [4.69, 9.17) is 5.73 Å². The van der Waals surface area contributed by atoms with E-state index < -0.39 is 6.04 Å². The van der Waals surface area contributed by atoms with Crippen LogP contribution in [-0.4, -0.2) is 28.9 Å². The number of aromatic nitrogens is 1. The summed E-state index contributed by atoms with van der Waals surface area (Å²) in [5.74, 6) is -0.00148. The van der Waals surface area contributed by atoms with Crippen LogP contribution in [0, 0.1) is 0 Å². The van der Waals surface area contributed by atoms with Crippen molar-refractivity contribution in [1.29, 1.82) is 0 Å². The second-order valence-electron chi connectivity index (χ2n) is 4.12. The van der Waals surface area contributed by atoms with Crippen LogP contribution in [0.5, 0.6) is 0 Å². The lowest BCUT2D eigenvalue weighted by Crippen LogP contribution is -2.41. The third kappa shape index (κ3) is 2.39. The van der Waals surface area contributed by atoms with Crippen LogP contribution in [-0.2, 0) is 4.79 Å². The Morgan fingerprint density at radius 3 is 2.69 bits per heavy atom. The van der Waals surface area contributed by atoms with E-state index in [1.54, 1.807) is 12.3 Å². The fourth-order valence-corrected chi connectivity index (χ4v) is 2.00. The van der Waals surface area contributed by atoms with Crippen molar-refractivity contribution in [3.05, 3.63) is 30.1 Å². The highest BCUT2D eigenvalue weighted by atomic mass is 16.2. The minimum absolute atomic E-state index is 0.00148. The van der Waals surface area contributed by atoms with E-state index in [-0.39, 0.29) is 5.91 Å². The molecule has 1 fully saturated rings. The summed E-state index contributed by atoms with van der Waals surface area (Å²) < 4.78 is 0. The fourth-order valence-electron chi connectivity index (χ4n) is 2.00. The Kier molecular flexibility index (Phi) is 3.51. The van der Waals surface area contributed by atoms with Crippen molar-refractivity contribution in [1.82, 2.24) is 9.88 Å². The summed E-state index contributed by atoms with van der Waals surface area (Å²) in [4.78, 5) is 18.0. The van der Waals surface area contributed by atoms with Gasteiger partial charge in [0.25, 0.3) is 0 Å². The van der Waals surface area contributed by atoms with Crippen molar-refractivity contribution in [2.45, 2.75) is 25.3 Å². The van der Waals surface area contributed by atoms with E-state index in [2.05, 4.69) is 4.98 Å². The van der Waals surface area contributed by atoms with Crippen molar-refractivity contribution in [2.24, 2.45) is 5.73 Å². The Labute approximate surface area is 95.5 Å². The van der Waals surface area contributed by atoms with Gasteiger partial charge >= 0.3 is 0 Å². The Balaban J connectivity index is 2.04. The van der Waals surface area contributed by atoms with Crippen molar-refractivity contribution in [3.8, 4) is 0 Å². The van der Waals surface area contributed by atoms with Crippen LogP contribution in [0.15, 0.2) is 24.4 Å². The number of hydrogen-bond acceptors (Lipinski definition) is 3. The third-order valence-corrected chi connectivity index (χ3v) is 2.94. The minimum Gasteiger partial charge on any atom is -0.341 e. The van der Waals surface area contributed by atoms with Gasteiger partial charge in [-0.3, -0.25) is 9.78 Å². The molecule has 1 aromatic rings. The Hall–Kier alpha value is -1.42. The molecule has 1 aliphatic heterocycles. The van der Waals surface area contributed by atoms with Gasteiger partial charge in [0.1, 0.15) is 6.04 Å². The molecule has 86 valence electrons. The summed E-state index contributed by atoms with van der Waals surface area (Å²) in [6.07, 6.45) is 5.04. The van der Waals surface area contributed by atoms with E-state index in [0.29, 0.717) is 5.69 Å². The maximum Gasteiger partial charge on any atom is 0.245 e. The monoisotopic (exact) mass is 219 g/mol. The number of pyridine rings is 1. The summed E-state index contributed by atoms with van der Waals surface area (Å²) in [7, 11) is 0. The number of rotatable bonds is 2. The van der Waals surface area contributed by atoms with E-state index >= 15 is 0 Å². The van der Waals surface area contributed by atoms with Gasteiger partial charge < -0.3 is 10.6 Å². The first-order chi connectivity index (χ1) is 7.79. The molecule has 1 saturated heterocycles. The largest absolute Gasteiger partial charge is 0.341 e. The van der Waals surface area contributed by atoms with Gasteiger partial charge in [0.2, 0.25) is 5.91 Å². The number of carbonyl (C=O) groups excluding carboxylic acids is 1. The van der Waals surface area contributed by atoms with E-state index in [1.165, 1.54) is 6.42 Å². The number of nitrogens with zero attached hydrogens (tertiary/aromatic N) is 2. The molecule has 0 saturated carbocycles. The highest BCUT2D eigenvalue weighted by molar-refractivity contribution is 5.82. The quantitative estimate of drug-likeness (QED) is 0.810. The van der Waals surface area contributed by atoms with E-state index in [9.17, 15) is 4.79 Å². The van der Waals surface area contributed by atoms with Crippen molar-refractivity contribution in [2.75, 3.05) is 13.1 Å². The topological polar surface area (TPSA) is 59.2 Å². The molecule has 2 N–H and O–H groups in total. The number of carbonyl (C=O) groups is 1. The molecular formula is C12H17N3O. The van der Waals surface area contributed by atoms with Gasteiger partial charge in [0.15, 0.2) is 0 Å². The molecule has 2 rings (SSSR count). The number of piperidine rings is 1. The molecule has 16 heavy (non-hydrogen) atoms. The highest BCUT2D eigenvalue weighted by Gasteiger charge is 2.24. The average Bonchev–Trinajstić information content (AvgIpc) is 2.39. The van der Waals surface area contributed by atoms with Gasteiger partial charge in [-0.15, -0.1) is 0 Å². The minimum atomic E-state index is -0.612. The predicted molar refractivity (Wildman–Crippen MR) is 61.6 cm³/mol. The van der Waals surface area contributed by atoms with Gasteiger partial charge in [-0.2, -0.15) is 0 Å². The molecule has 1 amide bonds. The molecule has 0 aliphatic carbocycles. The smallest absolute Gasteiger partial charge is 0.245 e. The number of likely N-dealkylation sites (tertiary alicyclic amines) is 1. The standard InChI is InChI=1S/C12H17N3O/c13-11(10-6-2-3-7-14-10)12(16)15-8-4-1-5-9-15/h2-3,6-7,11H,1,4-5,8-9,13H2. The Bertz CT molecular complexity index is 347. The summed E-state index contributed by atoms with van der Waals surface area (Å²) >= 11 is 0. The van der Waals surface area contributed by atoms with E-state index in [1.807, 2.05) is 17.0 Å². The van der Waals surface area contributed by atoms with Gasteiger partial charge in [0.05, 0.1) is 5.69 Å². The molecule has 4 nitrogen and oxygen atoms in total. The van der Waals surface area contributed by atoms with Crippen LogP contribution in [0.4, 0.5) is 0 Å². The second kappa shape index (κ2) is 5.07. The molecule has 0 spiro atoms. The Morgan fingerprint density at radius 1 is 1.31 bits per heavy atom. The summed E-state index contributed by atoms with van der Waals surface area (Å²) in [6, 6.07) is 4.86. The average molecular weight is 219 g/mol. The number of nitrogens with two attached hydrogens (primary N) is 1. The molecule has 0 bridgehead atoms. The lowest BCUT2D eigenvalue weighted by Gasteiger charge is -2.28. The number of hydrogen-bond donors (Lipinski definition) is 1. The molecule has 4 heteroatoms. The van der Waals surface area contributed by atoms with Crippen molar-refractivity contribution < 1.29 is 4.79 Å². The first-order valence-corrected chi connectivity index (χ1v) is 5.74. The summed E-state index contributed by atoms with van der Waals surface area (Å²) in [6.45, 7) is 1.67. The maximum absolute atomic E-state index is 12.1. The van der Waals surface area contributed by atoms with Crippen LogP contribution >= 0.6 is 0 Å². The second-order valence-corrected chi connectivity index (χ2v) is 4.12. The molecule has 1 aliphatic rings. The molecule has 0 aromatic carbocycles. The van der Waals surface area contributed by atoms with Crippen LogP contribution in [0.1, 0.15) is 31.0 Å². The SMILES string of the molecule is NC(C(=O)N1CCCCC1)c1ccccn1. The molecule has 0 radical (unpaired) electrons. The zero-order valence-corrected chi connectivity index (χ0v) is 9.30. The Morgan fingerprint density at radius 2 is 2.06 bits per heavy atom. The molecule has 2 heterocycles. The third-order valence-electron chi connectivity index (χ3n) is 2.94. The molecular weight excluding hydrogens is 202 g/mol. The first kappa shape index (κ1) is 11.1. The summed E-state index contributed by atoms with van der Waals surface area (Å²) in [5, 5.41) is 0. The normalized spacial score (nSPS) is 18.2. The first-order valence-electron chi connectivity index (χ1n) is 5.74. The van der Waals surface area contributed by atoms with Gasteiger partial charge in [-0.05, 0) is 31.4 Å². The van der Waals surface area contributed by atoms with Gasteiger partial charge in [-0.25, -0.2) is 0 Å². The van der Waals surface area contributed by atoms with Crippen LogP contribution < -0.4 is 5.73 Å². The zero-order valence-electron chi connectivity index (χ0n) is 9.30. The van der Waals surface area contributed by atoms with Gasteiger partial charge in [0, 0.05) is 19.3 Å². The number of amides is 1. The van der Waals surface area contributed by atoms with Crippen LogP contribution in [0.2, 0.25) is 0 Å². The van der Waals surface area contributed by atoms with E-state index in [0.717, 1.165) is 25.9 Å². The predicted octanol–water partition coefficient (Wildman–Crippen LogP) is 1.09.